The van der Waals surface area contributed by atoms with Crippen LogP contribution in [-0.2, 0) is 16.1 Å². The maximum absolute atomic E-state index is 12.6. The molecule has 1 saturated heterocycles. The molecule has 0 aliphatic carbocycles. The fraction of sp³-hybridized carbons (Fsp3) is 0.348. The van der Waals surface area contributed by atoms with Crippen molar-refractivity contribution < 1.29 is 14.4 Å². The summed E-state index contributed by atoms with van der Waals surface area (Å²) in [6.45, 7) is 2.91. The predicted octanol–water partition coefficient (Wildman–Crippen LogP) is 3.27. The lowest BCUT2D eigenvalue weighted by Gasteiger charge is -2.24. The van der Waals surface area contributed by atoms with E-state index in [0.29, 0.717) is 25.1 Å². The quantitative estimate of drug-likeness (QED) is 0.752. The number of hydrogen-bond donors (Lipinski definition) is 1. The number of hydrogen-bond acceptors (Lipinski definition) is 3. The van der Waals surface area contributed by atoms with Gasteiger partial charge in [-0.15, -0.1) is 0 Å². The Balaban J connectivity index is 1.53. The van der Waals surface area contributed by atoms with Crippen LogP contribution in [0.25, 0.3) is 0 Å². The highest BCUT2D eigenvalue weighted by Crippen LogP contribution is 2.20. The van der Waals surface area contributed by atoms with Gasteiger partial charge < -0.3 is 10.2 Å². The number of rotatable bonds is 7. The molecule has 1 unspecified atom stereocenters. The number of carbonyl (C=O) groups is 3. The van der Waals surface area contributed by atoms with E-state index in [2.05, 4.69) is 5.32 Å². The molecule has 1 N–H and O–H groups in total. The third-order valence-electron chi connectivity index (χ3n) is 5.20. The Bertz CT molecular complexity index is 848. The van der Waals surface area contributed by atoms with Gasteiger partial charge in [0, 0.05) is 31.5 Å². The van der Waals surface area contributed by atoms with Gasteiger partial charge >= 0.3 is 0 Å². The molecule has 1 fully saturated rings. The number of nitrogens with one attached hydrogen (secondary N) is 1. The van der Waals surface area contributed by atoms with Crippen molar-refractivity contribution in [1.82, 2.24) is 10.2 Å². The molecule has 2 amide bonds. The van der Waals surface area contributed by atoms with Crippen LogP contribution in [0.3, 0.4) is 0 Å². The van der Waals surface area contributed by atoms with E-state index in [4.69, 9.17) is 0 Å². The summed E-state index contributed by atoms with van der Waals surface area (Å²) in [5, 5.41) is 2.92. The molecule has 1 aliphatic heterocycles. The maximum Gasteiger partial charge on any atom is 0.243 e. The van der Waals surface area contributed by atoms with Crippen molar-refractivity contribution in [3.05, 3.63) is 71.3 Å². The predicted molar refractivity (Wildman–Crippen MR) is 108 cm³/mol. The lowest BCUT2D eigenvalue weighted by atomic mass is 10.0. The maximum atomic E-state index is 12.6. The minimum atomic E-state index is -0.440. The van der Waals surface area contributed by atoms with Crippen molar-refractivity contribution in [2.45, 2.75) is 45.2 Å². The summed E-state index contributed by atoms with van der Waals surface area (Å²) >= 11 is 0. The molecule has 146 valence electrons. The number of benzene rings is 2. The first-order valence-corrected chi connectivity index (χ1v) is 9.76. The van der Waals surface area contributed by atoms with Crippen molar-refractivity contribution in [2.75, 3.05) is 6.54 Å². The van der Waals surface area contributed by atoms with Crippen LogP contribution in [-0.4, -0.2) is 35.1 Å². The van der Waals surface area contributed by atoms with E-state index in [-0.39, 0.29) is 30.4 Å². The zero-order valence-electron chi connectivity index (χ0n) is 16.2. The molecule has 1 heterocycles. The summed E-state index contributed by atoms with van der Waals surface area (Å²) < 4.78 is 0. The van der Waals surface area contributed by atoms with Crippen molar-refractivity contribution in [3.63, 3.8) is 0 Å². The van der Waals surface area contributed by atoms with Crippen LogP contribution in [0.15, 0.2) is 54.6 Å². The number of Topliss-reactive ketones (excluding diaryl/α,β-unsaturated/α-hetero) is 1. The Kier molecular flexibility index (Phi) is 6.58. The lowest BCUT2D eigenvalue weighted by molar-refractivity contribution is -0.138. The summed E-state index contributed by atoms with van der Waals surface area (Å²) in [6, 6.07) is 16.7. The molecule has 5 nitrogen and oxygen atoms in total. The topological polar surface area (TPSA) is 66.5 Å². The third-order valence-corrected chi connectivity index (χ3v) is 5.20. The average Bonchev–Trinajstić information content (AvgIpc) is 3.21. The van der Waals surface area contributed by atoms with Gasteiger partial charge in [0.25, 0.3) is 0 Å². The molecule has 0 aromatic heterocycles. The van der Waals surface area contributed by atoms with Gasteiger partial charge in [-0.1, -0.05) is 54.6 Å². The van der Waals surface area contributed by atoms with Gasteiger partial charge in [0.05, 0.1) is 0 Å². The Morgan fingerprint density at radius 2 is 1.71 bits per heavy atom. The van der Waals surface area contributed by atoms with Crippen LogP contribution in [0.2, 0.25) is 0 Å². The van der Waals surface area contributed by atoms with Crippen LogP contribution in [0.4, 0.5) is 0 Å². The van der Waals surface area contributed by atoms with Gasteiger partial charge in [-0.2, -0.15) is 0 Å². The number of nitrogens with zero attached hydrogens (tertiary/aromatic N) is 1. The molecule has 2 aromatic rings. The molecular formula is C23H26N2O3. The number of ketones is 1. The second-order valence-electron chi connectivity index (χ2n) is 7.19. The molecule has 1 atom stereocenters. The molecule has 0 bridgehead atoms. The number of aryl methyl sites for hydroxylation is 1. The van der Waals surface area contributed by atoms with Crippen molar-refractivity contribution in [1.29, 1.82) is 0 Å². The van der Waals surface area contributed by atoms with Crippen molar-refractivity contribution in [2.24, 2.45) is 0 Å². The highest BCUT2D eigenvalue weighted by atomic mass is 16.2. The fourth-order valence-electron chi connectivity index (χ4n) is 3.63. The average molecular weight is 378 g/mol. The summed E-state index contributed by atoms with van der Waals surface area (Å²) in [4.78, 5) is 39.3. The smallest absolute Gasteiger partial charge is 0.243 e. The molecule has 0 spiro atoms. The zero-order valence-corrected chi connectivity index (χ0v) is 16.2. The van der Waals surface area contributed by atoms with Crippen LogP contribution >= 0.6 is 0 Å². The fourth-order valence-corrected chi connectivity index (χ4v) is 3.63. The van der Waals surface area contributed by atoms with Crippen molar-refractivity contribution >= 4 is 17.6 Å². The van der Waals surface area contributed by atoms with Crippen LogP contribution in [0.5, 0.6) is 0 Å². The second-order valence-corrected chi connectivity index (χ2v) is 7.19. The molecule has 0 saturated carbocycles. The van der Waals surface area contributed by atoms with Gasteiger partial charge in [-0.05, 0) is 30.9 Å². The van der Waals surface area contributed by atoms with E-state index >= 15 is 0 Å². The van der Waals surface area contributed by atoms with E-state index in [1.54, 1.807) is 11.0 Å². The van der Waals surface area contributed by atoms with Crippen LogP contribution in [0.1, 0.15) is 47.2 Å². The minimum absolute atomic E-state index is 0.0317. The van der Waals surface area contributed by atoms with Gasteiger partial charge in [0.2, 0.25) is 11.8 Å². The van der Waals surface area contributed by atoms with Gasteiger partial charge in [0.15, 0.2) is 5.78 Å². The monoisotopic (exact) mass is 378 g/mol. The van der Waals surface area contributed by atoms with Gasteiger partial charge in [-0.3, -0.25) is 14.4 Å². The molecular weight excluding hydrogens is 352 g/mol. The normalized spacial score (nSPS) is 16.0. The van der Waals surface area contributed by atoms with E-state index in [1.807, 2.05) is 55.5 Å². The Hall–Kier alpha value is -2.95. The van der Waals surface area contributed by atoms with Crippen molar-refractivity contribution in [3.8, 4) is 0 Å². The van der Waals surface area contributed by atoms with Crippen LogP contribution < -0.4 is 5.32 Å². The Morgan fingerprint density at radius 3 is 2.46 bits per heavy atom. The lowest BCUT2D eigenvalue weighted by Crippen LogP contribution is -2.45. The summed E-state index contributed by atoms with van der Waals surface area (Å²) in [5.41, 5.74) is 2.60. The molecule has 0 radical (unpaired) electrons. The first-order chi connectivity index (χ1) is 13.6. The summed E-state index contributed by atoms with van der Waals surface area (Å²) in [7, 11) is 0. The number of amides is 2. The number of likely N-dealkylation sites (tertiary alicyclic amines) is 1. The summed E-state index contributed by atoms with van der Waals surface area (Å²) in [5.74, 6) is -0.282. The van der Waals surface area contributed by atoms with E-state index in [1.165, 1.54) is 0 Å². The Labute approximate surface area is 165 Å². The van der Waals surface area contributed by atoms with E-state index in [0.717, 1.165) is 17.5 Å². The highest BCUT2D eigenvalue weighted by molar-refractivity contribution is 5.99. The van der Waals surface area contributed by atoms with Gasteiger partial charge in [-0.25, -0.2) is 0 Å². The zero-order chi connectivity index (χ0) is 19.9. The minimum Gasteiger partial charge on any atom is -0.350 e. The molecule has 3 rings (SSSR count). The largest absolute Gasteiger partial charge is 0.350 e. The second kappa shape index (κ2) is 9.31. The first-order valence-electron chi connectivity index (χ1n) is 9.76. The van der Waals surface area contributed by atoms with E-state index in [9.17, 15) is 14.4 Å². The summed E-state index contributed by atoms with van der Waals surface area (Å²) in [6.07, 6.45) is 1.77. The molecule has 5 heteroatoms. The standard InChI is InChI=1S/C23H26N2O3/c1-17-8-5-6-11-19(17)21(26)13-14-22(27)25-15-7-12-20(25)23(28)24-16-18-9-3-2-4-10-18/h2-6,8-11,20H,7,12-16H2,1H3,(H,24,28). The Morgan fingerprint density at radius 1 is 1.00 bits per heavy atom. The number of carbonyl (C=O) groups excluding carboxylic acids is 3. The first kappa shape index (κ1) is 19.8. The SMILES string of the molecule is Cc1ccccc1C(=O)CCC(=O)N1CCCC1C(=O)NCc1ccccc1. The highest BCUT2D eigenvalue weighted by Gasteiger charge is 2.33. The van der Waals surface area contributed by atoms with E-state index < -0.39 is 6.04 Å². The van der Waals surface area contributed by atoms with Gasteiger partial charge in [0.1, 0.15) is 6.04 Å². The third kappa shape index (κ3) is 4.85. The molecule has 1 aliphatic rings. The molecule has 2 aromatic carbocycles. The van der Waals surface area contributed by atoms with Crippen LogP contribution in [0, 0.1) is 6.92 Å². The molecule has 28 heavy (non-hydrogen) atoms.